The van der Waals surface area contributed by atoms with Crippen LogP contribution in [0.15, 0.2) is 46.8 Å². The van der Waals surface area contributed by atoms with Crippen molar-refractivity contribution in [2.75, 3.05) is 5.75 Å². The van der Waals surface area contributed by atoms with Crippen LogP contribution in [0.5, 0.6) is 0 Å². The molecule has 2 rings (SSSR count). The lowest BCUT2D eigenvalue weighted by molar-refractivity contribution is -0.143. The van der Waals surface area contributed by atoms with E-state index in [0.717, 1.165) is 11.1 Å². The molecule has 0 bridgehead atoms. The minimum atomic E-state index is -3.83. The monoisotopic (exact) mass is 448 g/mol. The van der Waals surface area contributed by atoms with E-state index in [1.54, 1.807) is 41.5 Å². The van der Waals surface area contributed by atoms with Crippen molar-refractivity contribution in [2.45, 2.75) is 66.5 Å². The van der Waals surface area contributed by atoms with E-state index in [-0.39, 0.29) is 17.7 Å². The second-order valence-corrected chi connectivity index (χ2v) is 10.2. The van der Waals surface area contributed by atoms with Gasteiger partial charge in [-0.1, -0.05) is 24.3 Å². The van der Waals surface area contributed by atoms with Crippen LogP contribution in [0, 0.1) is 6.92 Å². The quantitative estimate of drug-likeness (QED) is 0.593. The van der Waals surface area contributed by atoms with Gasteiger partial charge in [0.1, 0.15) is 5.75 Å². The summed E-state index contributed by atoms with van der Waals surface area (Å²) < 4.78 is 32.8. The Morgan fingerprint density at radius 2 is 1.61 bits per heavy atom. The molecule has 0 fully saturated rings. The number of ether oxygens (including phenoxy) is 1. The molecule has 1 heterocycles. The van der Waals surface area contributed by atoms with Crippen molar-refractivity contribution >= 4 is 21.8 Å². The van der Waals surface area contributed by atoms with Crippen LogP contribution < -0.4 is 10.0 Å². The molecule has 8 heteroatoms. The number of hydrogen-bond acceptors (Lipinski definition) is 6. The van der Waals surface area contributed by atoms with Gasteiger partial charge in [-0.3, -0.25) is 4.79 Å². The normalized spacial score (nSPS) is 17.3. The fourth-order valence-corrected chi connectivity index (χ4v) is 5.09. The number of aryl methyl sites for hydroxylation is 1. The number of Topliss-reactive ketones (excluding diaryl/α,β-unsaturated/α-hetero) is 1. The molecule has 0 aromatic heterocycles. The van der Waals surface area contributed by atoms with Gasteiger partial charge >= 0.3 is 5.97 Å². The van der Waals surface area contributed by atoms with Crippen LogP contribution in [0.2, 0.25) is 0 Å². The first-order chi connectivity index (χ1) is 14.3. The Balaban J connectivity index is 2.62. The molecule has 0 aliphatic carbocycles. The number of ketones is 1. The maximum absolute atomic E-state index is 13.3. The van der Waals surface area contributed by atoms with E-state index >= 15 is 0 Å². The molecule has 170 valence electrons. The fraction of sp³-hybridized carbons (Fsp3) is 0.478. The average molecular weight is 449 g/mol. The minimum absolute atomic E-state index is 0.254. The second-order valence-electron chi connectivity index (χ2n) is 8.40. The summed E-state index contributed by atoms with van der Waals surface area (Å²) >= 11 is 0. The van der Waals surface area contributed by atoms with E-state index in [1.807, 2.05) is 31.2 Å². The Hall–Kier alpha value is -2.45. The number of esters is 1. The van der Waals surface area contributed by atoms with E-state index < -0.39 is 33.4 Å². The van der Waals surface area contributed by atoms with Crippen molar-refractivity contribution in [3.63, 3.8) is 0 Å². The second kappa shape index (κ2) is 9.78. The van der Waals surface area contributed by atoms with E-state index in [4.69, 9.17) is 4.74 Å². The van der Waals surface area contributed by atoms with Crippen LogP contribution in [0.1, 0.15) is 58.6 Å². The highest BCUT2D eigenvalue weighted by atomic mass is 32.2. The molecule has 1 aromatic carbocycles. The molecular formula is C23H32N2O5S. The summed E-state index contributed by atoms with van der Waals surface area (Å²) in [6.07, 6.45) is -0.341. The number of allylic oxidation sites excluding steroid dienone is 3. The molecule has 0 saturated carbocycles. The Labute approximate surface area is 185 Å². The first kappa shape index (κ1) is 24.8. The van der Waals surface area contributed by atoms with E-state index in [0.29, 0.717) is 17.0 Å². The summed E-state index contributed by atoms with van der Waals surface area (Å²) in [5, 5.41) is 3.08. The minimum Gasteiger partial charge on any atom is -0.460 e. The fourth-order valence-electron chi connectivity index (χ4n) is 3.78. The van der Waals surface area contributed by atoms with Crippen LogP contribution in [0.25, 0.3) is 0 Å². The van der Waals surface area contributed by atoms with Crippen LogP contribution in [0.4, 0.5) is 0 Å². The Morgan fingerprint density at radius 1 is 1.03 bits per heavy atom. The molecule has 0 spiro atoms. The zero-order valence-electron chi connectivity index (χ0n) is 19.2. The third kappa shape index (κ3) is 6.04. The summed E-state index contributed by atoms with van der Waals surface area (Å²) in [4.78, 5) is 26.3. The topological polar surface area (TPSA) is 102 Å². The van der Waals surface area contributed by atoms with Crippen molar-refractivity contribution in [1.29, 1.82) is 0 Å². The van der Waals surface area contributed by atoms with Gasteiger partial charge in [-0.2, -0.15) is 0 Å². The zero-order valence-corrected chi connectivity index (χ0v) is 20.0. The molecule has 7 nitrogen and oxygen atoms in total. The maximum atomic E-state index is 13.3. The third-order valence-electron chi connectivity index (χ3n) is 4.86. The highest BCUT2D eigenvalue weighted by molar-refractivity contribution is 7.90. The van der Waals surface area contributed by atoms with Crippen LogP contribution in [-0.2, 0) is 24.3 Å². The van der Waals surface area contributed by atoms with Gasteiger partial charge in [0.25, 0.3) is 0 Å². The molecule has 2 N–H and O–H groups in total. The number of carbonyl (C=O) groups excluding carboxylic acids is 2. The summed E-state index contributed by atoms with van der Waals surface area (Å²) in [5.41, 5.74) is 3.32. The van der Waals surface area contributed by atoms with Gasteiger partial charge in [0.15, 0.2) is 5.78 Å². The predicted octanol–water partition coefficient (Wildman–Crippen LogP) is 3.08. The standard InChI is InChI=1S/C23H32N2O5S/c1-13(2)25-31(28,29)12-19(26)20-16(6)24-17(7)21(23(27)30-14(3)4)22(20)18-11-9-8-10-15(18)5/h8-11,13-14,22,24-25H,12H2,1-7H3. The van der Waals surface area contributed by atoms with Crippen LogP contribution >= 0.6 is 0 Å². The summed E-state index contributed by atoms with van der Waals surface area (Å²) in [6.45, 7) is 12.3. The molecule has 1 aliphatic heterocycles. The zero-order chi connectivity index (χ0) is 23.5. The smallest absolute Gasteiger partial charge is 0.337 e. The Morgan fingerprint density at radius 3 is 2.16 bits per heavy atom. The third-order valence-corrected chi connectivity index (χ3v) is 6.33. The number of hydrogen-bond donors (Lipinski definition) is 2. The summed E-state index contributed by atoms with van der Waals surface area (Å²) in [5.74, 6) is -2.52. The molecule has 1 aromatic rings. The lowest BCUT2D eigenvalue weighted by Crippen LogP contribution is -2.38. The number of rotatable bonds is 8. The number of nitrogens with one attached hydrogen (secondary N) is 2. The maximum Gasteiger partial charge on any atom is 0.337 e. The molecule has 1 unspecified atom stereocenters. The van der Waals surface area contributed by atoms with Crippen molar-refractivity contribution in [1.82, 2.24) is 10.0 Å². The van der Waals surface area contributed by atoms with E-state index in [2.05, 4.69) is 10.0 Å². The first-order valence-electron chi connectivity index (χ1n) is 10.3. The van der Waals surface area contributed by atoms with Crippen molar-refractivity contribution in [2.24, 2.45) is 0 Å². The predicted molar refractivity (Wildman–Crippen MR) is 121 cm³/mol. The number of carbonyl (C=O) groups is 2. The van der Waals surface area contributed by atoms with Crippen molar-refractivity contribution < 1.29 is 22.7 Å². The van der Waals surface area contributed by atoms with Gasteiger partial charge in [-0.15, -0.1) is 0 Å². The van der Waals surface area contributed by atoms with Gasteiger partial charge in [0.2, 0.25) is 10.0 Å². The largest absolute Gasteiger partial charge is 0.460 e. The van der Waals surface area contributed by atoms with E-state index in [1.165, 1.54) is 0 Å². The average Bonchev–Trinajstić information content (AvgIpc) is 2.58. The van der Waals surface area contributed by atoms with Gasteiger partial charge < -0.3 is 10.1 Å². The van der Waals surface area contributed by atoms with Gasteiger partial charge in [-0.25, -0.2) is 17.9 Å². The molecule has 1 aliphatic rings. The molecule has 0 saturated heterocycles. The summed E-state index contributed by atoms with van der Waals surface area (Å²) in [6, 6.07) is 7.12. The van der Waals surface area contributed by atoms with Gasteiger partial charge in [0.05, 0.1) is 11.7 Å². The highest BCUT2D eigenvalue weighted by Gasteiger charge is 2.39. The van der Waals surface area contributed by atoms with Crippen molar-refractivity contribution in [3.05, 3.63) is 57.9 Å². The number of dihydropyridines is 1. The summed E-state index contributed by atoms with van der Waals surface area (Å²) in [7, 11) is -3.83. The van der Waals surface area contributed by atoms with Gasteiger partial charge in [-0.05, 0) is 59.6 Å². The molecular weight excluding hydrogens is 416 g/mol. The van der Waals surface area contributed by atoms with E-state index in [9.17, 15) is 18.0 Å². The molecule has 0 radical (unpaired) electrons. The first-order valence-corrected chi connectivity index (χ1v) is 12.0. The van der Waals surface area contributed by atoms with Gasteiger partial charge in [0, 0.05) is 28.9 Å². The number of sulfonamides is 1. The lowest BCUT2D eigenvalue weighted by atomic mass is 9.77. The molecule has 0 amide bonds. The number of benzene rings is 1. The molecule has 31 heavy (non-hydrogen) atoms. The Bertz CT molecular complexity index is 1040. The lowest BCUT2D eigenvalue weighted by Gasteiger charge is -2.32. The van der Waals surface area contributed by atoms with Crippen LogP contribution in [-0.4, -0.2) is 38.1 Å². The van der Waals surface area contributed by atoms with Crippen LogP contribution in [0.3, 0.4) is 0 Å². The van der Waals surface area contributed by atoms with Crippen molar-refractivity contribution in [3.8, 4) is 0 Å². The SMILES string of the molecule is CC1=C(C(=O)CS(=O)(=O)NC(C)C)C(c2ccccc2C)C(C(=O)OC(C)C)=C(C)N1. The Kier molecular flexibility index (Phi) is 7.83. The molecule has 1 atom stereocenters. The highest BCUT2D eigenvalue weighted by Crippen LogP contribution is 2.40.